The summed E-state index contributed by atoms with van der Waals surface area (Å²) < 4.78 is 63.0. The molecule has 0 bridgehead atoms. The van der Waals surface area contributed by atoms with Crippen LogP contribution in [0.5, 0.6) is 0 Å². The molecule has 3 aliphatic rings. The number of alkyl halides is 3. The molecule has 1 aromatic carbocycles. The van der Waals surface area contributed by atoms with Gasteiger partial charge in [-0.25, -0.2) is 13.2 Å². The van der Waals surface area contributed by atoms with Crippen molar-refractivity contribution >= 4 is 56.3 Å². The van der Waals surface area contributed by atoms with Crippen LogP contribution < -0.4 is 10.2 Å². The number of ether oxygens (including phenoxy) is 1. The second kappa shape index (κ2) is 18.7. The molecule has 268 valence electrons. The topological polar surface area (TPSA) is 112 Å². The Balaban J connectivity index is 0.000000348. The van der Waals surface area contributed by atoms with Gasteiger partial charge in [-0.2, -0.15) is 13.2 Å². The van der Waals surface area contributed by atoms with Crippen molar-refractivity contribution in [3.63, 3.8) is 0 Å². The maximum absolute atomic E-state index is 12.1. The minimum atomic E-state index is -4.57. The smallest absolute Gasteiger partial charge is 0.416 e. The number of aliphatic hydroxyl groups is 1. The molecule has 0 aliphatic carbocycles. The van der Waals surface area contributed by atoms with Crippen LogP contribution in [0.4, 0.5) is 23.7 Å². The van der Waals surface area contributed by atoms with Gasteiger partial charge in [0.2, 0.25) is 0 Å². The van der Waals surface area contributed by atoms with E-state index in [0.717, 1.165) is 31.0 Å². The molecule has 1 amide bonds. The van der Waals surface area contributed by atoms with Gasteiger partial charge in [-0.05, 0) is 108 Å². The van der Waals surface area contributed by atoms with E-state index < -0.39 is 31.3 Å². The molecule has 3 aliphatic heterocycles. The summed E-state index contributed by atoms with van der Waals surface area (Å²) in [5, 5.41) is 12.5. The van der Waals surface area contributed by atoms with Gasteiger partial charge in [0.1, 0.15) is 5.60 Å². The lowest BCUT2D eigenvalue weighted by Gasteiger charge is -2.45. The van der Waals surface area contributed by atoms with Gasteiger partial charge in [-0.1, -0.05) is 6.07 Å². The highest BCUT2D eigenvalue weighted by atomic mass is 35.7. The van der Waals surface area contributed by atoms with E-state index in [2.05, 4.69) is 27.3 Å². The molecule has 1 atom stereocenters. The summed E-state index contributed by atoms with van der Waals surface area (Å²) in [6.07, 6.45) is 6.18. The number of halogens is 6. The molecule has 3 saturated heterocycles. The highest BCUT2D eigenvalue weighted by Gasteiger charge is 2.36. The lowest BCUT2D eigenvalue weighted by molar-refractivity contribution is -0.137. The third-order valence-corrected chi connectivity index (χ3v) is 9.53. The molecule has 1 aromatic heterocycles. The summed E-state index contributed by atoms with van der Waals surface area (Å²) in [6, 6.07) is 7.44. The number of benzene rings is 1. The Bertz CT molecular complexity index is 1340. The predicted molar refractivity (Wildman–Crippen MR) is 182 cm³/mol. The number of aromatic nitrogens is 1. The number of hydrogen-bond acceptors (Lipinski definition) is 8. The first-order valence-corrected chi connectivity index (χ1v) is 17.4. The quantitative estimate of drug-likeness (QED) is 0.326. The number of likely N-dealkylation sites (tertiary alicyclic amines) is 1. The Morgan fingerprint density at radius 2 is 1.64 bits per heavy atom. The molecule has 3 fully saturated rings. The number of amides is 1. The Labute approximate surface area is 292 Å². The van der Waals surface area contributed by atoms with E-state index in [0.29, 0.717) is 18.0 Å². The largest absolute Gasteiger partial charge is 0.444 e. The maximum atomic E-state index is 12.1. The number of carbonyl (C=O) groups excluding carboxylic acids is 1. The Morgan fingerprint density at radius 3 is 2.15 bits per heavy atom. The number of carbonyl (C=O) groups is 1. The fraction of sp³-hybridized carbons (Fsp3) is 0.613. The van der Waals surface area contributed by atoms with Crippen LogP contribution in [0.1, 0.15) is 64.9 Å². The third kappa shape index (κ3) is 13.8. The van der Waals surface area contributed by atoms with E-state index in [9.17, 15) is 26.4 Å². The van der Waals surface area contributed by atoms with Crippen LogP contribution in [0.15, 0.2) is 53.7 Å². The van der Waals surface area contributed by atoms with Gasteiger partial charge in [0.25, 0.3) is 9.05 Å². The lowest BCUT2D eigenvalue weighted by atomic mass is 9.71. The first kappa shape index (κ1) is 43.0. The van der Waals surface area contributed by atoms with Gasteiger partial charge < -0.3 is 25.0 Å². The summed E-state index contributed by atoms with van der Waals surface area (Å²) in [4.78, 5) is 19.3. The van der Waals surface area contributed by atoms with Crippen LogP contribution in [0.3, 0.4) is 0 Å². The molecule has 0 unspecified atom stereocenters. The molecule has 0 saturated carbocycles. The maximum Gasteiger partial charge on any atom is 0.416 e. The number of aliphatic hydroxyl groups excluding tert-OH is 1. The molecule has 0 radical (unpaired) electrons. The summed E-state index contributed by atoms with van der Waals surface area (Å²) in [7, 11) is 0.772. The molecule has 47 heavy (non-hydrogen) atoms. The third-order valence-electron chi connectivity index (χ3n) is 8.17. The monoisotopic (exact) mass is 748 g/mol. The van der Waals surface area contributed by atoms with E-state index in [1.165, 1.54) is 57.5 Å². The molecular weight excluding hydrogens is 704 g/mol. The molecule has 2 N–H and O–H groups in total. The van der Waals surface area contributed by atoms with Gasteiger partial charge in [-0.15, -0.1) is 24.8 Å². The molecule has 4 heterocycles. The first-order chi connectivity index (χ1) is 21.0. The Kier molecular flexibility index (Phi) is 17.1. The minimum absolute atomic E-state index is 0. The van der Waals surface area contributed by atoms with Crippen molar-refractivity contribution in [2.24, 2.45) is 5.41 Å². The zero-order valence-corrected chi connectivity index (χ0v) is 30.0. The van der Waals surface area contributed by atoms with Crippen LogP contribution >= 0.6 is 35.5 Å². The molecule has 9 nitrogen and oxygen atoms in total. The number of anilines is 1. The Morgan fingerprint density at radius 1 is 1.04 bits per heavy atom. The number of nitrogens with zero attached hydrogens (tertiary/aromatic N) is 3. The SMILES string of the molecule is CC(C)(C)OC(=O)N1CCC[C@H]1CO.Cl.Cl.O=S(=O)(Cl)c1cccc(C(F)(F)F)c1.c1cc(N2CCC3(CCNCC3)CC2)ccn1. The van der Waals surface area contributed by atoms with Crippen LogP contribution in [-0.4, -0.2) is 80.5 Å². The summed E-state index contributed by atoms with van der Waals surface area (Å²) in [5.74, 6) is 0. The van der Waals surface area contributed by atoms with Gasteiger partial charge >= 0.3 is 12.3 Å². The van der Waals surface area contributed by atoms with E-state index in [-0.39, 0.29) is 43.6 Å². The number of piperidine rings is 2. The fourth-order valence-electron chi connectivity index (χ4n) is 5.66. The van der Waals surface area contributed by atoms with Crippen LogP contribution in [0.25, 0.3) is 0 Å². The van der Waals surface area contributed by atoms with E-state index in [1.807, 2.05) is 33.2 Å². The van der Waals surface area contributed by atoms with Crippen molar-refractivity contribution in [3.05, 3.63) is 54.4 Å². The van der Waals surface area contributed by atoms with E-state index >= 15 is 0 Å². The predicted octanol–water partition coefficient (Wildman–Crippen LogP) is 6.91. The van der Waals surface area contributed by atoms with E-state index in [4.69, 9.17) is 20.5 Å². The molecule has 16 heteroatoms. The second-order valence-corrected chi connectivity index (χ2v) is 15.1. The normalized spacial score (nSPS) is 19.2. The van der Waals surface area contributed by atoms with Gasteiger partial charge in [0.15, 0.2) is 0 Å². The molecule has 5 rings (SSSR count). The first-order valence-electron chi connectivity index (χ1n) is 15.1. The number of pyridine rings is 1. The van der Waals surface area contributed by atoms with Crippen LogP contribution in [0.2, 0.25) is 0 Å². The van der Waals surface area contributed by atoms with Gasteiger partial charge in [0, 0.05) is 48.4 Å². The van der Waals surface area contributed by atoms with Crippen molar-refractivity contribution in [2.75, 3.05) is 44.2 Å². The van der Waals surface area contributed by atoms with Crippen molar-refractivity contribution in [1.82, 2.24) is 15.2 Å². The zero-order valence-electron chi connectivity index (χ0n) is 26.8. The summed E-state index contributed by atoms with van der Waals surface area (Å²) >= 11 is 0. The zero-order chi connectivity index (χ0) is 33.3. The highest BCUT2D eigenvalue weighted by Crippen LogP contribution is 2.40. The molecule has 2 aromatic rings. The lowest BCUT2D eigenvalue weighted by Crippen LogP contribution is -2.45. The Hall–Kier alpha value is -2.03. The van der Waals surface area contributed by atoms with E-state index in [1.54, 1.807) is 4.90 Å². The van der Waals surface area contributed by atoms with Gasteiger partial charge in [-0.3, -0.25) is 4.98 Å². The van der Waals surface area contributed by atoms with Crippen LogP contribution in [0, 0.1) is 5.41 Å². The van der Waals surface area contributed by atoms with Crippen molar-refractivity contribution in [3.8, 4) is 0 Å². The van der Waals surface area contributed by atoms with Crippen molar-refractivity contribution < 1.29 is 36.2 Å². The van der Waals surface area contributed by atoms with Crippen molar-refractivity contribution in [2.45, 2.75) is 82.0 Å². The number of hydrogen-bond donors (Lipinski definition) is 2. The summed E-state index contributed by atoms with van der Waals surface area (Å²) in [6.45, 7) is 11.1. The minimum Gasteiger partial charge on any atom is -0.444 e. The highest BCUT2D eigenvalue weighted by molar-refractivity contribution is 8.13. The number of rotatable bonds is 3. The van der Waals surface area contributed by atoms with Gasteiger partial charge in [0.05, 0.1) is 23.1 Å². The second-order valence-electron chi connectivity index (χ2n) is 12.6. The number of nitrogens with one attached hydrogen (secondary N) is 1. The molecular formula is C31H46Cl3F3N4O5S. The fourth-order valence-corrected chi connectivity index (χ4v) is 6.46. The standard InChI is InChI=1S/C14H21N3.C10H19NO3.C7H4ClF3O2S.2ClH/c1-7-15-8-2-13(1)17-11-5-14(6-12-17)3-9-16-10-4-14;1-10(2,3)14-9(13)11-6-4-5-8(11)7-12;8-14(12,13)6-3-1-2-5(4-6)7(9,10)11;;/h1-2,7-8,16H,3-6,9-12H2;8,12H,4-7H2,1-3H3;1-4H;2*1H/t;8-;;;/m.0.../s1. The average Bonchev–Trinajstić information content (AvgIpc) is 3.47. The average molecular weight is 750 g/mol. The molecule has 1 spiro atoms. The van der Waals surface area contributed by atoms with Crippen molar-refractivity contribution in [1.29, 1.82) is 0 Å². The summed E-state index contributed by atoms with van der Waals surface area (Å²) in [5.41, 5.74) is 0.483. The van der Waals surface area contributed by atoms with Crippen LogP contribution in [-0.2, 0) is 20.0 Å².